The molecule has 2 saturated heterocycles. The third-order valence-electron chi connectivity index (χ3n) is 5.45. The Kier molecular flexibility index (Phi) is 4.88. The van der Waals surface area contributed by atoms with E-state index in [0.717, 1.165) is 18.8 Å². The van der Waals surface area contributed by atoms with Gasteiger partial charge in [0.15, 0.2) is 0 Å². The van der Waals surface area contributed by atoms with Crippen LogP contribution in [0, 0.1) is 0 Å². The van der Waals surface area contributed by atoms with Crippen LogP contribution in [0.4, 0.5) is 5.69 Å². The zero-order chi connectivity index (χ0) is 18.9. The molecule has 27 heavy (non-hydrogen) atoms. The molecule has 3 heterocycles. The van der Waals surface area contributed by atoms with E-state index in [1.54, 1.807) is 27.9 Å². The molecule has 2 N–H and O–H groups in total. The van der Waals surface area contributed by atoms with Crippen LogP contribution in [0.15, 0.2) is 42.7 Å². The van der Waals surface area contributed by atoms with Gasteiger partial charge in [0, 0.05) is 29.6 Å². The summed E-state index contributed by atoms with van der Waals surface area (Å²) >= 11 is 5.93. The number of hydrogen-bond donors (Lipinski definition) is 2. The molecule has 142 valence electrons. The summed E-state index contributed by atoms with van der Waals surface area (Å²) < 4.78 is 1.74. The zero-order valence-electron chi connectivity index (χ0n) is 14.9. The summed E-state index contributed by atoms with van der Waals surface area (Å²) in [4.78, 5) is 27.8. The van der Waals surface area contributed by atoms with Crippen LogP contribution in [0.25, 0.3) is 0 Å². The lowest BCUT2D eigenvalue weighted by atomic mass is 9.87. The number of benzene rings is 1. The Morgan fingerprint density at radius 1 is 1.26 bits per heavy atom. The summed E-state index contributed by atoms with van der Waals surface area (Å²) in [5, 5.41) is 11.2. The maximum Gasteiger partial charge on any atom is 0.249 e. The summed E-state index contributed by atoms with van der Waals surface area (Å²) in [7, 11) is 0. The molecule has 0 saturated carbocycles. The van der Waals surface area contributed by atoms with Gasteiger partial charge in [0.1, 0.15) is 11.6 Å². The largest absolute Gasteiger partial charge is 0.342 e. The fourth-order valence-corrected chi connectivity index (χ4v) is 4.03. The second-order valence-electron chi connectivity index (χ2n) is 7.01. The average Bonchev–Trinajstić information content (AvgIpc) is 3.35. The summed E-state index contributed by atoms with van der Waals surface area (Å²) in [5.41, 5.74) is 0.0488. The van der Waals surface area contributed by atoms with E-state index in [1.807, 2.05) is 24.4 Å². The molecule has 1 atom stereocenters. The van der Waals surface area contributed by atoms with Gasteiger partial charge in [-0.05, 0) is 62.7 Å². The van der Waals surface area contributed by atoms with Gasteiger partial charge < -0.3 is 15.5 Å². The Hall–Kier alpha value is -2.38. The van der Waals surface area contributed by atoms with Crippen molar-refractivity contribution in [3.8, 4) is 0 Å². The van der Waals surface area contributed by atoms with Crippen LogP contribution in [0.3, 0.4) is 0 Å². The third-order valence-corrected chi connectivity index (χ3v) is 5.70. The summed E-state index contributed by atoms with van der Waals surface area (Å²) in [6, 6.07) is 8.47. The number of rotatable bonds is 4. The van der Waals surface area contributed by atoms with Crippen molar-refractivity contribution in [1.82, 2.24) is 20.4 Å². The molecule has 2 fully saturated rings. The van der Waals surface area contributed by atoms with Crippen LogP contribution in [0.1, 0.15) is 19.3 Å². The Morgan fingerprint density at radius 3 is 2.67 bits per heavy atom. The number of aromatic nitrogens is 2. The topological polar surface area (TPSA) is 79.3 Å². The molecular weight excluding hydrogens is 366 g/mol. The molecule has 1 aromatic carbocycles. The fourth-order valence-electron chi connectivity index (χ4n) is 3.91. The quantitative estimate of drug-likeness (QED) is 0.834. The number of carbonyl (C=O) groups is 2. The molecule has 1 unspecified atom stereocenters. The van der Waals surface area contributed by atoms with Gasteiger partial charge >= 0.3 is 0 Å². The molecule has 2 aromatic rings. The van der Waals surface area contributed by atoms with Crippen molar-refractivity contribution in [2.45, 2.75) is 30.8 Å². The van der Waals surface area contributed by atoms with Crippen molar-refractivity contribution >= 4 is 29.1 Å². The Morgan fingerprint density at radius 2 is 2.00 bits per heavy atom. The number of nitrogens with one attached hydrogen (secondary N) is 2. The number of carbonyl (C=O) groups excluding carboxylic acids is 2. The van der Waals surface area contributed by atoms with Gasteiger partial charge in [0.05, 0.1) is 0 Å². The molecule has 2 aliphatic heterocycles. The molecule has 0 spiro atoms. The van der Waals surface area contributed by atoms with Crippen molar-refractivity contribution in [3.63, 3.8) is 0 Å². The van der Waals surface area contributed by atoms with Gasteiger partial charge in [-0.15, -0.1) is 0 Å². The number of halogens is 1. The predicted octanol–water partition coefficient (Wildman–Crippen LogP) is 1.54. The number of hydrogen-bond acceptors (Lipinski definition) is 4. The number of nitrogens with zero attached hydrogens (tertiary/aromatic N) is 3. The Balaban J connectivity index is 1.50. The standard InChI is InChI=1S/C19H22ClN5O2/c20-14-2-4-15(5-3-14)24-13-6-16(17(24)26)23-18(27)19(7-10-21-11-8-19)25-12-1-9-22-25/h1-5,9,12,16,21H,6-8,10-11,13H2,(H,23,27). The first-order chi connectivity index (χ1) is 13.1. The lowest BCUT2D eigenvalue weighted by Gasteiger charge is -2.37. The number of anilines is 1. The van der Waals surface area contributed by atoms with Crippen molar-refractivity contribution in [2.75, 3.05) is 24.5 Å². The molecule has 0 radical (unpaired) electrons. The van der Waals surface area contributed by atoms with E-state index in [1.165, 1.54) is 0 Å². The zero-order valence-corrected chi connectivity index (χ0v) is 15.7. The Labute approximate surface area is 162 Å². The van der Waals surface area contributed by atoms with Gasteiger partial charge in [0.25, 0.3) is 0 Å². The van der Waals surface area contributed by atoms with Crippen molar-refractivity contribution in [1.29, 1.82) is 0 Å². The lowest BCUT2D eigenvalue weighted by Crippen LogP contribution is -2.57. The van der Waals surface area contributed by atoms with E-state index in [0.29, 0.717) is 30.8 Å². The highest BCUT2D eigenvalue weighted by Crippen LogP contribution is 2.29. The van der Waals surface area contributed by atoms with Gasteiger partial charge in [-0.25, -0.2) is 0 Å². The lowest BCUT2D eigenvalue weighted by molar-refractivity contribution is -0.135. The number of piperidine rings is 1. The third kappa shape index (κ3) is 3.33. The van der Waals surface area contributed by atoms with Gasteiger partial charge in [-0.2, -0.15) is 5.10 Å². The first kappa shape index (κ1) is 18.0. The molecule has 8 heteroatoms. The van der Waals surface area contributed by atoms with Crippen LogP contribution in [-0.2, 0) is 15.1 Å². The molecule has 2 amide bonds. The minimum atomic E-state index is -0.747. The molecule has 1 aromatic heterocycles. The first-order valence-corrected chi connectivity index (χ1v) is 9.57. The highest BCUT2D eigenvalue weighted by atomic mass is 35.5. The van der Waals surface area contributed by atoms with Crippen LogP contribution >= 0.6 is 11.6 Å². The second kappa shape index (κ2) is 7.32. The predicted molar refractivity (Wildman–Crippen MR) is 103 cm³/mol. The molecular formula is C19H22ClN5O2. The van der Waals surface area contributed by atoms with E-state index in [4.69, 9.17) is 11.6 Å². The minimum absolute atomic E-state index is 0.0878. The van der Waals surface area contributed by atoms with E-state index in [2.05, 4.69) is 15.7 Å². The van der Waals surface area contributed by atoms with Crippen molar-refractivity contribution in [2.24, 2.45) is 0 Å². The summed E-state index contributed by atoms with van der Waals surface area (Å²) in [6.45, 7) is 2.05. The number of amides is 2. The van der Waals surface area contributed by atoms with Crippen molar-refractivity contribution in [3.05, 3.63) is 47.7 Å². The monoisotopic (exact) mass is 387 g/mol. The maximum atomic E-state index is 13.2. The van der Waals surface area contributed by atoms with E-state index in [9.17, 15) is 9.59 Å². The highest BCUT2D eigenvalue weighted by Gasteiger charge is 2.44. The Bertz CT molecular complexity index is 815. The minimum Gasteiger partial charge on any atom is -0.342 e. The molecule has 2 aliphatic rings. The van der Waals surface area contributed by atoms with E-state index >= 15 is 0 Å². The first-order valence-electron chi connectivity index (χ1n) is 9.19. The normalized spacial score (nSPS) is 22.0. The smallest absolute Gasteiger partial charge is 0.249 e. The maximum absolute atomic E-state index is 13.2. The second-order valence-corrected chi connectivity index (χ2v) is 7.45. The average molecular weight is 388 g/mol. The van der Waals surface area contributed by atoms with Crippen LogP contribution in [-0.4, -0.2) is 47.3 Å². The van der Waals surface area contributed by atoms with E-state index < -0.39 is 11.6 Å². The SMILES string of the molecule is O=C1C(NC(=O)C2(n3cccn3)CCNCC2)CCN1c1ccc(Cl)cc1. The van der Waals surface area contributed by atoms with Crippen LogP contribution in [0.5, 0.6) is 0 Å². The highest BCUT2D eigenvalue weighted by molar-refractivity contribution is 6.30. The molecule has 0 bridgehead atoms. The fraction of sp³-hybridized carbons (Fsp3) is 0.421. The van der Waals surface area contributed by atoms with Gasteiger partial charge in [-0.3, -0.25) is 14.3 Å². The van der Waals surface area contributed by atoms with Crippen LogP contribution < -0.4 is 15.5 Å². The van der Waals surface area contributed by atoms with Crippen molar-refractivity contribution < 1.29 is 9.59 Å². The van der Waals surface area contributed by atoms with E-state index in [-0.39, 0.29) is 11.8 Å². The van der Waals surface area contributed by atoms with Gasteiger partial charge in [0.2, 0.25) is 11.8 Å². The molecule has 0 aliphatic carbocycles. The molecule has 7 nitrogen and oxygen atoms in total. The van der Waals surface area contributed by atoms with Crippen LogP contribution in [0.2, 0.25) is 5.02 Å². The molecule has 4 rings (SSSR count). The summed E-state index contributed by atoms with van der Waals surface area (Å²) in [6.07, 6.45) is 5.37. The van der Waals surface area contributed by atoms with Gasteiger partial charge in [-0.1, -0.05) is 11.6 Å². The summed E-state index contributed by atoms with van der Waals surface area (Å²) in [5.74, 6) is -0.223.